The number of carbonyl (C=O) groups is 1. The van der Waals surface area contributed by atoms with E-state index in [-0.39, 0.29) is 0 Å². The van der Waals surface area contributed by atoms with Gasteiger partial charge in [-0.15, -0.1) is 6.58 Å². The molecule has 1 aromatic rings. The molecule has 0 aliphatic carbocycles. The molecule has 1 fully saturated rings. The van der Waals surface area contributed by atoms with Crippen molar-refractivity contribution >= 4 is 12.0 Å². The van der Waals surface area contributed by atoms with Crippen LogP contribution < -0.4 is 4.90 Å². The number of benzene rings is 1. The molecule has 0 aromatic heterocycles. The lowest BCUT2D eigenvalue weighted by molar-refractivity contribution is 0.112. The van der Waals surface area contributed by atoms with Gasteiger partial charge in [-0.3, -0.25) is 9.69 Å². The summed E-state index contributed by atoms with van der Waals surface area (Å²) < 4.78 is 0. The van der Waals surface area contributed by atoms with Crippen LogP contribution in [-0.2, 0) is 0 Å². The minimum atomic E-state index is 0.751. The molecular weight excluding hydrogens is 224 g/mol. The highest BCUT2D eigenvalue weighted by atomic mass is 16.1. The van der Waals surface area contributed by atoms with Gasteiger partial charge in [0, 0.05) is 44.0 Å². The van der Waals surface area contributed by atoms with Crippen LogP contribution in [0.1, 0.15) is 15.9 Å². The van der Waals surface area contributed by atoms with Crippen molar-refractivity contribution in [2.24, 2.45) is 0 Å². The van der Waals surface area contributed by atoms with E-state index in [1.807, 2.05) is 18.2 Å². The van der Waals surface area contributed by atoms with Crippen molar-refractivity contribution in [2.45, 2.75) is 6.92 Å². The molecule has 0 N–H and O–H groups in total. The van der Waals surface area contributed by atoms with Crippen molar-refractivity contribution in [3.8, 4) is 0 Å². The van der Waals surface area contributed by atoms with Gasteiger partial charge in [0.1, 0.15) is 6.29 Å². The predicted molar refractivity (Wildman–Crippen MR) is 75.4 cm³/mol. The van der Waals surface area contributed by atoms with Crippen LogP contribution in [0.15, 0.2) is 30.9 Å². The zero-order valence-electron chi connectivity index (χ0n) is 10.9. The Balaban J connectivity index is 2.05. The third kappa shape index (κ3) is 2.79. The van der Waals surface area contributed by atoms with Crippen molar-refractivity contribution < 1.29 is 4.79 Å². The lowest BCUT2D eigenvalue weighted by Gasteiger charge is -2.36. The molecule has 1 heterocycles. The molecule has 1 aliphatic heterocycles. The lowest BCUT2D eigenvalue weighted by Crippen LogP contribution is -2.46. The molecule has 3 nitrogen and oxygen atoms in total. The van der Waals surface area contributed by atoms with E-state index in [0.29, 0.717) is 0 Å². The summed E-state index contributed by atoms with van der Waals surface area (Å²) in [6, 6.07) is 5.91. The number of rotatable bonds is 4. The summed E-state index contributed by atoms with van der Waals surface area (Å²) in [6.07, 6.45) is 2.86. The van der Waals surface area contributed by atoms with Gasteiger partial charge in [-0.25, -0.2) is 0 Å². The number of aryl methyl sites for hydroxylation is 1. The number of piperazine rings is 1. The smallest absolute Gasteiger partial charge is 0.150 e. The van der Waals surface area contributed by atoms with Gasteiger partial charge in [-0.1, -0.05) is 6.08 Å². The van der Waals surface area contributed by atoms with Gasteiger partial charge in [0.2, 0.25) is 0 Å². The van der Waals surface area contributed by atoms with Gasteiger partial charge >= 0.3 is 0 Å². The van der Waals surface area contributed by atoms with E-state index in [1.165, 1.54) is 11.3 Å². The summed E-state index contributed by atoms with van der Waals surface area (Å²) >= 11 is 0. The first-order valence-electron chi connectivity index (χ1n) is 6.38. The molecule has 1 aromatic carbocycles. The van der Waals surface area contributed by atoms with E-state index in [2.05, 4.69) is 29.4 Å². The molecule has 0 saturated carbocycles. The van der Waals surface area contributed by atoms with Crippen molar-refractivity contribution in [3.63, 3.8) is 0 Å². The van der Waals surface area contributed by atoms with Gasteiger partial charge in [0.25, 0.3) is 0 Å². The first-order valence-corrected chi connectivity index (χ1v) is 6.38. The van der Waals surface area contributed by atoms with Gasteiger partial charge in [0.15, 0.2) is 0 Å². The fourth-order valence-electron chi connectivity index (χ4n) is 2.46. The van der Waals surface area contributed by atoms with Crippen molar-refractivity contribution in [3.05, 3.63) is 42.0 Å². The third-order valence-electron chi connectivity index (χ3n) is 3.46. The maximum absolute atomic E-state index is 10.7. The maximum Gasteiger partial charge on any atom is 0.150 e. The number of anilines is 1. The number of hydrogen-bond donors (Lipinski definition) is 0. The molecule has 18 heavy (non-hydrogen) atoms. The maximum atomic E-state index is 10.7. The number of carbonyl (C=O) groups excluding carboxylic acids is 1. The number of hydrogen-bond acceptors (Lipinski definition) is 3. The summed E-state index contributed by atoms with van der Waals surface area (Å²) in [5, 5.41) is 0. The van der Waals surface area contributed by atoms with Crippen LogP contribution >= 0.6 is 0 Å². The lowest BCUT2D eigenvalue weighted by atomic mass is 10.1. The van der Waals surface area contributed by atoms with Gasteiger partial charge in [-0.2, -0.15) is 0 Å². The second-order valence-electron chi connectivity index (χ2n) is 4.74. The van der Waals surface area contributed by atoms with E-state index in [1.54, 1.807) is 0 Å². The molecule has 96 valence electrons. The van der Waals surface area contributed by atoms with Crippen LogP contribution in [0.25, 0.3) is 0 Å². The Morgan fingerprint density at radius 3 is 2.56 bits per heavy atom. The summed E-state index contributed by atoms with van der Waals surface area (Å²) in [5.41, 5.74) is 3.18. The molecule has 0 unspecified atom stereocenters. The zero-order chi connectivity index (χ0) is 13.0. The van der Waals surface area contributed by atoms with Crippen molar-refractivity contribution in [1.82, 2.24) is 4.90 Å². The Morgan fingerprint density at radius 1 is 1.28 bits per heavy atom. The highest BCUT2D eigenvalue weighted by Crippen LogP contribution is 2.22. The van der Waals surface area contributed by atoms with Crippen molar-refractivity contribution in [1.29, 1.82) is 0 Å². The minimum Gasteiger partial charge on any atom is -0.369 e. The van der Waals surface area contributed by atoms with Crippen molar-refractivity contribution in [2.75, 3.05) is 37.6 Å². The zero-order valence-corrected chi connectivity index (χ0v) is 10.9. The largest absolute Gasteiger partial charge is 0.369 e. The van der Waals surface area contributed by atoms with E-state index in [4.69, 9.17) is 0 Å². The molecular formula is C15H20N2O. The first kappa shape index (κ1) is 12.8. The summed E-state index contributed by atoms with van der Waals surface area (Å²) in [6.45, 7) is 11.0. The van der Waals surface area contributed by atoms with Gasteiger partial charge in [0.05, 0.1) is 0 Å². The highest BCUT2D eigenvalue weighted by molar-refractivity contribution is 5.77. The Labute approximate surface area is 109 Å². The van der Waals surface area contributed by atoms with E-state index in [0.717, 1.165) is 44.6 Å². The number of nitrogens with zero attached hydrogens (tertiary/aromatic N) is 2. The quantitative estimate of drug-likeness (QED) is 0.598. The Kier molecular flexibility index (Phi) is 4.15. The van der Waals surface area contributed by atoms with Crippen LogP contribution in [0, 0.1) is 6.92 Å². The monoisotopic (exact) mass is 244 g/mol. The minimum absolute atomic E-state index is 0.751. The third-order valence-corrected chi connectivity index (χ3v) is 3.46. The summed E-state index contributed by atoms with van der Waals surface area (Å²) in [4.78, 5) is 15.5. The van der Waals surface area contributed by atoms with E-state index >= 15 is 0 Å². The second-order valence-corrected chi connectivity index (χ2v) is 4.74. The van der Waals surface area contributed by atoms with Crippen LogP contribution in [0.2, 0.25) is 0 Å². The molecule has 3 heteroatoms. The Bertz CT molecular complexity index is 434. The second kappa shape index (κ2) is 5.83. The number of aldehydes is 1. The molecule has 0 amide bonds. The molecule has 0 spiro atoms. The average Bonchev–Trinajstić information content (AvgIpc) is 2.40. The molecule has 0 radical (unpaired) electrons. The molecule has 1 saturated heterocycles. The van der Waals surface area contributed by atoms with Gasteiger partial charge < -0.3 is 4.90 Å². The fourth-order valence-corrected chi connectivity index (χ4v) is 2.46. The average molecular weight is 244 g/mol. The SMILES string of the molecule is C=CCN1CCN(c2ccc(C=O)cc2C)CC1. The van der Waals surface area contributed by atoms with Crippen LogP contribution in [0.3, 0.4) is 0 Å². The highest BCUT2D eigenvalue weighted by Gasteiger charge is 2.17. The predicted octanol–water partition coefficient (Wildman–Crippen LogP) is 2.12. The molecule has 2 rings (SSSR count). The Hall–Kier alpha value is -1.61. The van der Waals surface area contributed by atoms with Crippen LogP contribution in [0.4, 0.5) is 5.69 Å². The van der Waals surface area contributed by atoms with Crippen LogP contribution in [-0.4, -0.2) is 43.9 Å². The van der Waals surface area contributed by atoms with Crippen LogP contribution in [0.5, 0.6) is 0 Å². The molecule has 0 bridgehead atoms. The first-order chi connectivity index (χ1) is 8.74. The summed E-state index contributed by atoms with van der Waals surface area (Å²) in [5.74, 6) is 0. The normalized spacial score (nSPS) is 16.6. The Morgan fingerprint density at radius 2 is 2.00 bits per heavy atom. The van der Waals surface area contributed by atoms with Gasteiger partial charge in [-0.05, 0) is 30.7 Å². The molecule has 0 atom stereocenters. The van der Waals surface area contributed by atoms with E-state index in [9.17, 15) is 4.79 Å². The van der Waals surface area contributed by atoms with E-state index < -0.39 is 0 Å². The topological polar surface area (TPSA) is 23.6 Å². The molecule has 1 aliphatic rings. The summed E-state index contributed by atoms with van der Waals surface area (Å²) in [7, 11) is 0. The standard InChI is InChI=1S/C15H20N2O/c1-3-6-16-7-9-17(10-8-16)15-5-4-14(12-18)11-13(15)2/h3-5,11-12H,1,6-10H2,2H3. The fraction of sp³-hybridized carbons (Fsp3) is 0.400.